The second kappa shape index (κ2) is 7.41. The largest absolute Gasteiger partial charge is 0.419 e. The Kier molecular flexibility index (Phi) is 5.56. The highest BCUT2D eigenvalue weighted by Crippen LogP contribution is 2.20. The summed E-state index contributed by atoms with van der Waals surface area (Å²) in [6.45, 7) is 7.16. The molecule has 4 nitrogen and oxygen atoms in total. The van der Waals surface area contributed by atoms with Gasteiger partial charge in [0.05, 0.1) is 6.54 Å². The molecule has 0 saturated carbocycles. The average molecular weight is 294 g/mol. The quantitative estimate of drug-likeness (QED) is 0.773. The number of hydrogen-bond acceptors (Lipinski definition) is 4. The van der Waals surface area contributed by atoms with E-state index in [4.69, 9.17) is 16.0 Å². The van der Waals surface area contributed by atoms with Crippen molar-refractivity contribution >= 4 is 11.6 Å². The highest BCUT2D eigenvalue weighted by Gasteiger charge is 2.12. The first-order valence-corrected chi connectivity index (χ1v) is 7.41. The molecule has 0 aliphatic heterocycles. The first-order valence-electron chi connectivity index (χ1n) is 7.03. The van der Waals surface area contributed by atoms with Gasteiger partial charge < -0.3 is 4.42 Å². The van der Waals surface area contributed by atoms with Gasteiger partial charge in [0.15, 0.2) is 0 Å². The Balaban J connectivity index is 2.06. The maximum atomic E-state index is 5.87. The summed E-state index contributed by atoms with van der Waals surface area (Å²) in [5.41, 5.74) is 0.894. The summed E-state index contributed by atoms with van der Waals surface area (Å²) in [6.07, 6.45) is 2.25. The van der Waals surface area contributed by atoms with Gasteiger partial charge in [0.1, 0.15) is 0 Å². The van der Waals surface area contributed by atoms with E-state index in [2.05, 4.69) is 28.9 Å². The standard InChI is InChI=1S/C15H20ClN3O/c1-3-9-19(10-4-2)11-14-17-18-15(20-14)12-5-7-13(16)8-6-12/h5-8H,3-4,9-11H2,1-2H3. The molecular formula is C15H20ClN3O. The zero-order chi connectivity index (χ0) is 14.4. The molecule has 1 heterocycles. The predicted molar refractivity (Wildman–Crippen MR) is 80.6 cm³/mol. The fourth-order valence-electron chi connectivity index (χ4n) is 2.12. The van der Waals surface area contributed by atoms with E-state index in [9.17, 15) is 0 Å². The van der Waals surface area contributed by atoms with Crippen molar-refractivity contribution in [2.24, 2.45) is 0 Å². The molecule has 0 atom stereocenters. The minimum Gasteiger partial charge on any atom is -0.419 e. The first-order chi connectivity index (χ1) is 9.72. The topological polar surface area (TPSA) is 42.2 Å². The van der Waals surface area contributed by atoms with Gasteiger partial charge in [-0.1, -0.05) is 25.4 Å². The van der Waals surface area contributed by atoms with Gasteiger partial charge in [-0.05, 0) is 50.2 Å². The van der Waals surface area contributed by atoms with E-state index in [1.54, 1.807) is 0 Å². The molecule has 0 bridgehead atoms. The van der Waals surface area contributed by atoms with Crippen molar-refractivity contribution in [3.63, 3.8) is 0 Å². The van der Waals surface area contributed by atoms with Gasteiger partial charge in [-0.25, -0.2) is 0 Å². The predicted octanol–water partition coefficient (Wildman–Crippen LogP) is 4.01. The molecule has 108 valence electrons. The van der Waals surface area contributed by atoms with Crippen LogP contribution in [0.4, 0.5) is 0 Å². The van der Waals surface area contributed by atoms with E-state index in [-0.39, 0.29) is 0 Å². The van der Waals surface area contributed by atoms with Crippen LogP contribution in [0.25, 0.3) is 11.5 Å². The molecule has 0 radical (unpaired) electrons. The molecule has 1 aromatic heterocycles. The second-order valence-electron chi connectivity index (χ2n) is 4.78. The van der Waals surface area contributed by atoms with Gasteiger partial charge in [-0.3, -0.25) is 4.90 Å². The highest BCUT2D eigenvalue weighted by atomic mass is 35.5. The van der Waals surface area contributed by atoms with Crippen molar-refractivity contribution in [3.8, 4) is 11.5 Å². The van der Waals surface area contributed by atoms with Crippen molar-refractivity contribution in [1.29, 1.82) is 0 Å². The molecule has 0 N–H and O–H groups in total. The van der Waals surface area contributed by atoms with Crippen LogP contribution < -0.4 is 0 Å². The fourth-order valence-corrected chi connectivity index (χ4v) is 2.25. The van der Waals surface area contributed by atoms with Crippen LogP contribution in [0.1, 0.15) is 32.6 Å². The Morgan fingerprint density at radius 2 is 1.70 bits per heavy atom. The van der Waals surface area contributed by atoms with Crippen LogP contribution in [0, 0.1) is 0 Å². The van der Waals surface area contributed by atoms with Crippen LogP contribution in [-0.2, 0) is 6.54 Å². The van der Waals surface area contributed by atoms with Crippen molar-refractivity contribution < 1.29 is 4.42 Å². The third kappa shape index (κ3) is 4.05. The molecule has 2 aromatic rings. The second-order valence-corrected chi connectivity index (χ2v) is 5.22. The fraction of sp³-hybridized carbons (Fsp3) is 0.467. The molecule has 0 amide bonds. The van der Waals surface area contributed by atoms with Crippen LogP contribution in [0.3, 0.4) is 0 Å². The van der Waals surface area contributed by atoms with Crippen molar-refractivity contribution in [1.82, 2.24) is 15.1 Å². The van der Waals surface area contributed by atoms with E-state index in [1.165, 1.54) is 0 Å². The number of rotatable bonds is 7. The number of benzene rings is 1. The lowest BCUT2D eigenvalue weighted by atomic mass is 10.2. The third-order valence-electron chi connectivity index (χ3n) is 3.00. The van der Waals surface area contributed by atoms with E-state index in [0.29, 0.717) is 23.3 Å². The lowest BCUT2D eigenvalue weighted by Crippen LogP contribution is -2.25. The molecule has 2 rings (SSSR count). The summed E-state index contributed by atoms with van der Waals surface area (Å²) in [5.74, 6) is 1.21. The molecule has 0 unspecified atom stereocenters. The summed E-state index contributed by atoms with van der Waals surface area (Å²) in [5, 5.41) is 8.93. The van der Waals surface area contributed by atoms with Gasteiger partial charge in [-0.2, -0.15) is 0 Å². The molecule has 0 fully saturated rings. The van der Waals surface area contributed by atoms with Crippen LogP contribution in [-0.4, -0.2) is 28.2 Å². The van der Waals surface area contributed by atoms with Crippen LogP contribution in [0.15, 0.2) is 28.7 Å². The van der Waals surface area contributed by atoms with E-state index < -0.39 is 0 Å². The summed E-state index contributed by atoms with van der Waals surface area (Å²) in [6, 6.07) is 7.41. The first kappa shape index (κ1) is 15.0. The number of nitrogens with zero attached hydrogens (tertiary/aromatic N) is 3. The normalized spacial score (nSPS) is 11.2. The maximum Gasteiger partial charge on any atom is 0.247 e. The molecule has 0 saturated heterocycles. The summed E-state index contributed by atoms with van der Waals surface area (Å²) < 4.78 is 5.73. The third-order valence-corrected chi connectivity index (χ3v) is 3.25. The Morgan fingerprint density at radius 1 is 1.05 bits per heavy atom. The number of hydrogen-bond donors (Lipinski definition) is 0. The van der Waals surface area contributed by atoms with Gasteiger partial charge in [0.2, 0.25) is 11.8 Å². The Bertz CT molecular complexity index is 518. The lowest BCUT2D eigenvalue weighted by Gasteiger charge is -2.18. The Hall–Kier alpha value is -1.39. The Labute approximate surface area is 124 Å². The Morgan fingerprint density at radius 3 is 2.30 bits per heavy atom. The van der Waals surface area contributed by atoms with Crippen LogP contribution in [0.5, 0.6) is 0 Å². The van der Waals surface area contributed by atoms with E-state index >= 15 is 0 Å². The number of halogens is 1. The zero-order valence-corrected chi connectivity index (χ0v) is 12.7. The smallest absolute Gasteiger partial charge is 0.247 e. The van der Waals surface area contributed by atoms with Crippen LogP contribution in [0.2, 0.25) is 5.02 Å². The zero-order valence-electron chi connectivity index (χ0n) is 12.0. The van der Waals surface area contributed by atoms with Gasteiger partial charge in [0, 0.05) is 10.6 Å². The molecule has 0 aliphatic rings. The minimum atomic E-state index is 0.546. The van der Waals surface area contributed by atoms with E-state index in [0.717, 1.165) is 31.5 Å². The lowest BCUT2D eigenvalue weighted by molar-refractivity contribution is 0.240. The van der Waals surface area contributed by atoms with Crippen molar-refractivity contribution in [2.75, 3.05) is 13.1 Å². The highest BCUT2D eigenvalue weighted by molar-refractivity contribution is 6.30. The van der Waals surface area contributed by atoms with Gasteiger partial charge in [-0.15, -0.1) is 10.2 Å². The minimum absolute atomic E-state index is 0.546. The molecule has 1 aromatic carbocycles. The molecule has 5 heteroatoms. The molecule has 0 spiro atoms. The number of aromatic nitrogens is 2. The summed E-state index contributed by atoms with van der Waals surface area (Å²) >= 11 is 5.87. The van der Waals surface area contributed by atoms with Gasteiger partial charge in [0.25, 0.3) is 0 Å². The van der Waals surface area contributed by atoms with E-state index in [1.807, 2.05) is 24.3 Å². The van der Waals surface area contributed by atoms with Crippen molar-refractivity contribution in [3.05, 3.63) is 35.2 Å². The summed E-state index contributed by atoms with van der Waals surface area (Å²) in [4.78, 5) is 2.33. The maximum absolute atomic E-state index is 5.87. The average Bonchev–Trinajstić information content (AvgIpc) is 2.89. The molecule has 20 heavy (non-hydrogen) atoms. The van der Waals surface area contributed by atoms with Crippen LogP contribution >= 0.6 is 11.6 Å². The summed E-state index contributed by atoms with van der Waals surface area (Å²) in [7, 11) is 0. The SMILES string of the molecule is CCCN(CCC)Cc1nnc(-c2ccc(Cl)cc2)o1. The monoisotopic (exact) mass is 293 g/mol. The molecule has 0 aliphatic carbocycles. The van der Waals surface area contributed by atoms with Gasteiger partial charge >= 0.3 is 0 Å². The van der Waals surface area contributed by atoms with Crippen molar-refractivity contribution in [2.45, 2.75) is 33.2 Å². The molecular weight excluding hydrogens is 274 g/mol.